The van der Waals surface area contributed by atoms with Crippen molar-refractivity contribution in [2.45, 2.75) is 26.4 Å². The Morgan fingerprint density at radius 3 is 2.75 bits per heavy atom. The average Bonchev–Trinajstić information content (AvgIpc) is 2.19. The molecule has 1 rings (SSSR count). The first kappa shape index (κ1) is 12.7. The summed E-state index contributed by atoms with van der Waals surface area (Å²) in [5, 5.41) is 9.27. The monoisotopic (exact) mass is 224 g/mol. The summed E-state index contributed by atoms with van der Waals surface area (Å²) < 4.78 is 18.7. The molecule has 1 N–H and O–H groups in total. The van der Waals surface area contributed by atoms with Gasteiger partial charge in [-0.25, -0.2) is 4.39 Å². The van der Waals surface area contributed by atoms with Gasteiger partial charge in [0.2, 0.25) is 0 Å². The highest BCUT2D eigenvalue weighted by Gasteiger charge is 2.07. The molecule has 0 heterocycles. The first-order valence-corrected chi connectivity index (χ1v) is 5.25. The van der Waals surface area contributed by atoms with Crippen LogP contribution in [0.3, 0.4) is 0 Å². The lowest BCUT2D eigenvalue weighted by Crippen LogP contribution is -2.00. The van der Waals surface area contributed by atoms with Crippen molar-refractivity contribution >= 4 is 0 Å². The van der Waals surface area contributed by atoms with E-state index < -0.39 is 11.9 Å². The zero-order valence-electron chi connectivity index (χ0n) is 9.66. The molecule has 0 aromatic heterocycles. The van der Waals surface area contributed by atoms with Crippen LogP contribution in [0.15, 0.2) is 30.4 Å². The van der Waals surface area contributed by atoms with Gasteiger partial charge in [-0.1, -0.05) is 11.6 Å². The standard InChI is InChI=1S/C13H17FO2/c1-9(2)6-7-16-13-5-4-11(10(3)15)8-12(13)14/h4-5,8,10,15H,1,6-7H2,2-3H3/t10-/m1/s1. The van der Waals surface area contributed by atoms with E-state index in [0.29, 0.717) is 18.6 Å². The first-order chi connectivity index (χ1) is 7.50. The smallest absolute Gasteiger partial charge is 0.165 e. The highest BCUT2D eigenvalue weighted by Crippen LogP contribution is 2.22. The Morgan fingerprint density at radius 2 is 2.25 bits per heavy atom. The highest BCUT2D eigenvalue weighted by atomic mass is 19.1. The van der Waals surface area contributed by atoms with Crippen molar-refractivity contribution in [2.24, 2.45) is 0 Å². The third kappa shape index (κ3) is 3.66. The van der Waals surface area contributed by atoms with E-state index in [1.54, 1.807) is 13.0 Å². The molecule has 0 spiro atoms. The molecular weight excluding hydrogens is 207 g/mol. The summed E-state index contributed by atoms with van der Waals surface area (Å²) in [5.41, 5.74) is 1.55. The number of benzene rings is 1. The molecule has 0 bridgehead atoms. The third-order valence-electron chi connectivity index (χ3n) is 2.22. The summed E-state index contributed by atoms with van der Waals surface area (Å²) in [7, 11) is 0. The molecule has 16 heavy (non-hydrogen) atoms. The van der Waals surface area contributed by atoms with Crippen molar-refractivity contribution in [1.29, 1.82) is 0 Å². The fourth-order valence-electron chi connectivity index (χ4n) is 1.23. The van der Waals surface area contributed by atoms with Crippen LogP contribution >= 0.6 is 0 Å². The molecule has 1 atom stereocenters. The van der Waals surface area contributed by atoms with E-state index in [1.165, 1.54) is 12.1 Å². The molecular formula is C13H17FO2. The Kier molecular flexibility index (Phi) is 4.50. The summed E-state index contributed by atoms with van der Waals surface area (Å²) in [4.78, 5) is 0. The van der Waals surface area contributed by atoms with Gasteiger partial charge in [-0.2, -0.15) is 0 Å². The summed E-state index contributed by atoms with van der Waals surface area (Å²) in [6, 6.07) is 4.49. The fourth-order valence-corrected chi connectivity index (χ4v) is 1.23. The van der Waals surface area contributed by atoms with Gasteiger partial charge in [-0.05, 0) is 31.5 Å². The van der Waals surface area contributed by atoms with Crippen molar-refractivity contribution in [3.8, 4) is 5.75 Å². The maximum absolute atomic E-state index is 13.5. The van der Waals surface area contributed by atoms with Gasteiger partial charge in [0.25, 0.3) is 0 Å². The van der Waals surface area contributed by atoms with Crippen molar-refractivity contribution in [2.75, 3.05) is 6.61 Å². The molecule has 0 saturated carbocycles. The minimum atomic E-state index is -0.668. The molecule has 0 aliphatic heterocycles. The van der Waals surface area contributed by atoms with Gasteiger partial charge < -0.3 is 9.84 Å². The van der Waals surface area contributed by atoms with Crippen LogP contribution < -0.4 is 4.74 Å². The lowest BCUT2D eigenvalue weighted by molar-refractivity contribution is 0.198. The van der Waals surface area contributed by atoms with Crippen LogP contribution in [-0.4, -0.2) is 11.7 Å². The van der Waals surface area contributed by atoms with Crippen LogP contribution in [0, 0.1) is 5.82 Å². The lowest BCUT2D eigenvalue weighted by Gasteiger charge is -2.09. The number of hydrogen-bond donors (Lipinski definition) is 1. The summed E-state index contributed by atoms with van der Waals surface area (Å²) in [6.07, 6.45) is 0.0383. The summed E-state index contributed by atoms with van der Waals surface area (Å²) in [5.74, 6) is -0.231. The zero-order valence-corrected chi connectivity index (χ0v) is 9.66. The lowest BCUT2D eigenvalue weighted by atomic mass is 10.1. The minimum absolute atomic E-state index is 0.214. The number of halogens is 1. The van der Waals surface area contributed by atoms with E-state index in [9.17, 15) is 9.50 Å². The Bertz CT molecular complexity index is 372. The number of rotatable bonds is 5. The van der Waals surface area contributed by atoms with E-state index in [-0.39, 0.29) is 5.75 Å². The van der Waals surface area contributed by atoms with E-state index >= 15 is 0 Å². The van der Waals surface area contributed by atoms with Crippen molar-refractivity contribution in [3.63, 3.8) is 0 Å². The van der Waals surface area contributed by atoms with Crippen LogP contribution in [0.1, 0.15) is 31.9 Å². The van der Waals surface area contributed by atoms with Gasteiger partial charge in [0.15, 0.2) is 11.6 Å². The van der Waals surface area contributed by atoms with E-state index in [4.69, 9.17) is 4.74 Å². The van der Waals surface area contributed by atoms with Crippen LogP contribution in [0.25, 0.3) is 0 Å². The highest BCUT2D eigenvalue weighted by molar-refractivity contribution is 5.30. The Morgan fingerprint density at radius 1 is 1.56 bits per heavy atom. The normalized spacial score (nSPS) is 12.2. The van der Waals surface area contributed by atoms with Gasteiger partial charge in [0, 0.05) is 6.42 Å². The zero-order chi connectivity index (χ0) is 12.1. The number of hydrogen-bond acceptors (Lipinski definition) is 2. The van der Waals surface area contributed by atoms with E-state index in [1.807, 2.05) is 6.92 Å². The number of aliphatic hydroxyl groups excluding tert-OH is 1. The first-order valence-electron chi connectivity index (χ1n) is 5.25. The molecule has 0 aliphatic carbocycles. The number of ether oxygens (including phenoxy) is 1. The molecule has 0 unspecified atom stereocenters. The second-order valence-electron chi connectivity index (χ2n) is 3.92. The molecule has 0 aliphatic rings. The Labute approximate surface area is 95.4 Å². The average molecular weight is 224 g/mol. The topological polar surface area (TPSA) is 29.5 Å². The van der Waals surface area contributed by atoms with Gasteiger partial charge >= 0.3 is 0 Å². The quantitative estimate of drug-likeness (QED) is 0.778. The molecule has 2 nitrogen and oxygen atoms in total. The minimum Gasteiger partial charge on any atom is -0.490 e. The molecule has 0 fully saturated rings. The maximum Gasteiger partial charge on any atom is 0.165 e. The maximum atomic E-state index is 13.5. The van der Waals surface area contributed by atoms with Crippen molar-refractivity contribution < 1.29 is 14.2 Å². The largest absolute Gasteiger partial charge is 0.490 e. The Balaban J connectivity index is 2.64. The van der Waals surface area contributed by atoms with Gasteiger partial charge in [0.05, 0.1) is 12.7 Å². The molecule has 88 valence electrons. The van der Waals surface area contributed by atoms with Crippen molar-refractivity contribution in [1.82, 2.24) is 0 Å². The molecule has 0 radical (unpaired) electrons. The predicted octanol–water partition coefficient (Wildman–Crippen LogP) is 3.22. The SMILES string of the molecule is C=C(C)CCOc1ccc([C@@H](C)O)cc1F. The second kappa shape index (κ2) is 5.66. The molecule has 1 aromatic carbocycles. The molecule has 0 saturated heterocycles. The van der Waals surface area contributed by atoms with Crippen LogP contribution in [0.2, 0.25) is 0 Å². The molecule has 1 aromatic rings. The van der Waals surface area contributed by atoms with Crippen molar-refractivity contribution in [3.05, 3.63) is 41.7 Å². The van der Waals surface area contributed by atoms with Gasteiger partial charge in [-0.15, -0.1) is 6.58 Å². The van der Waals surface area contributed by atoms with Gasteiger partial charge in [-0.3, -0.25) is 0 Å². The second-order valence-corrected chi connectivity index (χ2v) is 3.92. The molecule has 3 heteroatoms. The number of aliphatic hydroxyl groups is 1. The van der Waals surface area contributed by atoms with Gasteiger partial charge in [0.1, 0.15) is 0 Å². The Hall–Kier alpha value is -1.35. The van der Waals surface area contributed by atoms with E-state index in [2.05, 4.69) is 6.58 Å². The van der Waals surface area contributed by atoms with Crippen LogP contribution in [0.5, 0.6) is 5.75 Å². The summed E-state index contributed by atoms with van der Waals surface area (Å²) in [6.45, 7) is 7.65. The van der Waals surface area contributed by atoms with Crippen LogP contribution in [0.4, 0.5) is 4.39 Å². The van der Waals surface area contributed by atoms with Crippen LogP contribution in [-0.2, 0) is 0 Å². The fraction of sp³-hybridized carbons (Fsp3) is 0.385. The predicted molar refractivity (Wildman–Crippen MR) is 62.0 cm³/mol. The third-order valence-corrected chi connectivity index (χ3v) is 2.22. The van der Waals surface area contributed by atoms with E-state index in [0.717, 1.165) is 5.57 Å². The molecule has 0 amide bonds. The summed E-state index contributed by atoms with van der Waals surface area (Å²) >= 11 is 0.